The van der Waals surface area contributed by atoms with Gasteiger partial charge in [-0.25, -0.2) is 4.98 Å². The van der Waals surface area contributed by atoms with Gasteiger partial charge in [-0.2, -0.15) is 4.98 Å². The molecule has 0 aromatic carbocycles. The minimum absolute atomic E-state index is 0.371. The number of nitrogens with zero attached hydrogens (tertiary/aromatic N) is 6. The van der Waals surface area contributed by atoms with Crippen LogP contribution in [0.2, 0.25) is 0 Å². The van der Waals surface area contributed by atoms with Gasteiger partial charge in [-0.1, -0.05) is 0 Å². The first-order valence-corrected chi connectivity index (χ1v) is 7.31. The zero-order valence-corrected chi connectivity index (χ0v) is 12.4. The lowest BCUT2D eigenvalue weighted by Crippen LogP contribution is -2.36. The minimum Gasteiger partial charge on any atom is -0.481 e. The molecule has 0 spiro atoms. The number of aryl methyl sites for hydroxylation is 1. The fourth-order valence-electron chi connectivity index (χ4n) is 2.79. The molecular weight excluding hydrogens is 268 g/mol. The summed E-state index contributed by atoms with van der Waals surface area (Å²) in [6, 6.07) is 1.76. The van der Waals surface area contributed by atoms with Crippen LogP contribution >= 0.6 is 0 Å². The van der Waals surface area contributed by atoms with Crippen LogP contribution in [0.4, 0.5) is 5.95 Å². The van der Waals surface area contributed by atoms with E-state index in [0.717, 1.165) is 44.2 Å². The lowest BCUT2D eigenvalue weighted by molar-refractivity contribution is 0.395. The summed E-state index contributed by atoms with van der Waals surface area (Å²) in [5.74, 6) is 2.75. The van der Waals surface area contributed by atoms with Crippen molar-refractivity contribution < 1.29 is 4.74 Å². The lowest BCUT2D eigenvalue weighted by atomic mass is 9.97. The van der Waals surface area contributed by atoms with Crippen LogP contribution in [0.5, 0.6) is 5.88 Å². The number of ether oxygens (including phenoxy) is 1. The summed E-state index contributed by atoms with van der Waals surface area (Å²) in [5.41, 5.74) is 0. The molecule has 0 radical (unpaired) electrons. The maximum atomic E-state index is 5.18. The van der Waals surface area contributed by atoms with Crippen molar-refractivity contribution in [3.63, 3.8) is 0 Å². The van der Waals surface area contributed by atoms with Crippen molar-refractivity contribution in [1.82, 2.24) is 24.7 Å². The molecule has 3 rings (SSSR count). The fourth-order valence-corrected chi connectivity index (χ4v) is 2.79. The molecule has 1 saturated heterocycles. The summed E-state index contributed by atoms with van der Waals surface area (Å²) >= 11 is 0. The summed E-state index contributed by atoms with van der Waals surface area (Å²) in [7, 11) is 1.62. The molecule has 21 heavy (non-hydrogen) atoms. The van der Waals surface area contributed by atoms with E-state index < -0.39 is 0 Å². The minimum atomic E-state index is 0.371. The van der Waals surface area contributed by atoms with Gasteiger partial charge in [-0.3, -0.25) is 0 Å². The van der Waals surface area contributed by atoms with Crippen LogP contribution < -0.4 is 9.64 Å². The van der Waals surface area contributed by atoms with Crippen molar-refractivity contribution in [2.75, 3.05) is 25.1 Å². The Balaban J connectivity index is 1.79. The van der Waals surface area contributed by atoms with Crippen molar-refractivity contribution in [3.8, 4) is 5.88 Å². The van der Waals surface area contributed by atoms with Gasteiger partial charge in [0.1, 0.15) is 12.2 Å². The molecule has 0 bridgehead atoms. The Hall–Kier alpha value is -2.18. The molecule has 0 unspecified atom stereocenters. The number of anilines is 1. The van der Waals surface area contributed by atoms with Gasteiger partial charge in [0.15, 0.2) is 0 Å². The molecule has 112 valence electrons. The first kappa shape index (κ1) is 13.8. The Kier molecular flexibility index (Phi) is 3.98. The standard InChI is InChI=1S/C14H20N6O/c1-3-19-10-16-18-13(19)11-5-4-8-20(9-11)14-15-7-6-12(17-14)21-2/h6-7,10-11H,3-5,8-9H2,1-2H3/t11-/m0/s1. The molecule has 1 fully saturated rings. The van der Waals surface area contributed by atoms with Crippen molar-refractivity contribution >= 4 is 5.95 Å². The van der Waals surface area contributed by atoms with E-state index in [2.05, 4.69) is 36.6 Å². The van der Waals surface area contributed by atoms with E-state index in [4.69, 9.17) is 4.74 Å². The van der Waals surface area contributed by atoms with E-state index in [1.54, 1.807) is 25.7 Å². The zero-order valence-electron chi connectivity index (χ0n) is 12.4. The van der Waals surface area contributed by atoms with Crippen LogP contribution in [0.1, 0.15) is 31.5 Å². The molecule has 2 aromatic heterocycles. The molecule has 0 amide bonds. The highest BCUT2D eigenvalue weighted by atomic mass is 16.5. The number of rotatable bonds is 4. The number of hydrogen-bond acceptors (Lipinski definition) is 6. The lowest BCUT2D eigenvalue weighted by Gasteiger charge is -2.32. The number of piperidine rings is 1. The van der Waals surface area contributed by atoms with Crippen LogP contribution in [-0.4, -0.2) is 44.9 Å². The van der Waals surface area contributed by atoms with Crippen molar-refractivity contribution in [1.29, 1.82) is 0 Å². The summed E-state index contributed by atoms with van der Waals surface area (Å²) in [6.45, 7) is 4.84. The maximum Gasteiger partial charge on any atom is 0.228 e. The van der Waals surface area contributed by atoms with Gasteiger partial charge >= 0.3 is 0 Å². The Labute approximate surface area is 124 Å². The van der Waals surface area contributed by atoms with E-state index in [1.165, 1.54) is 0 Å². The third kappa shape index (κ3) is 2.81. The van der Waals surface area contributed by atoms with E-state index in [0.29, 0.717) is 11.8 Å². The van der Waals surface area contributed by atoms with Crippen molar-refractivity contribution in [3.05, 3.63) is 24.4 Å². The highest BCUT2D eigenvalue weighted by molar-refractivity contribution is 5.33. The Bertz CT molecular complexity index is 599. The molecule has 2 aromatic rings. The monoisotopic (exact) mass is 288 g/mol. The first-order chi connectivity index (χ1) is 10.3. The molecule has 0 N–H and O–H groups in total. The largest absolute Gasteiger partial charge is 0.481 e. The van der Waals surface area contributed by atoms with E-state index in [-0.39, 0.29) is 0 Å². The number of hydrogen-bond donors (Lipinski definition) is 0. The molecule has 7 nitrogen and oxygen atoms in total. The first-order valence-electron chi connectivity index (χ1n) is 7.31. The molecular formula is C14H20N6O. The predicted octanol–water partition coefficient (Wildman–Crippen LogP) is 1.48. The molecule has 3 heterocycles. The third-order valence-electron chi connectivity index (χ3n) is 3.88. The SMILES string of the molecule is CCn1cnnc1[C@H]1CCCN(c2nccc(OC)n2)C1. The number of aromatic nitrogens is 5. The molecule has 0 saturated carbocycles. The van der Waals surface area contributed by atoms with Gasteiger partial charge in [0.25, 0.3) is 0 Å². The molecule has 7 heteroatoms. The fraction of sp³-hybridized carbons (Fsp3) is 0.571. The van der Waals surface area contributed by atoms with Crippen LogP contribution in [0.15, 0.2) is 18.6 Å². The van der Waals surface area contributed by atoms with Gasteiger partial charge in [-0.15, -0.1) is 10.2 Å². The van der Waals surface area contributed by atoms with Gasteiger partial charge in [0.05, 0.1) is 7.11 Å². The van der Waals surface area contributed by atoms with Crippen LogP contribution in [0.25, 0.3) is 0 Å². The van der Waals surface area contributed by atoms with E-state index in [1.807, 2.05) is 0 Å². The average Bonchev–Trinajstić information content (AvgIpc) is 3.03. The Morgan fingerprint density at radius 3 is 3.14 bits per heavy atom. The third-order valence-corrected chi connectivity index (χ3v) is 3.88. The summed E-state index contributed by atoms with van der Waals surface area (Å²) in [6.07, 6.45) is 5.76. The number of methoxy groups -OCH3 is 1. The van der Waals surface area contributed by atoms with Gasteiger partial charge in [0, 0.05) is 37.8 Å². The van der Waals surface area contributed by atoms with Crippen LogP contribution in [-0.2, 0) is 6.54 Å². The zero-order chi connectivity index (χ0) is 14.7. The Morgan fingerprint density at radius 1 is 1.43 bits per heavy atom. The topological polar surface area (TPSA) is 69.0 Å². The Morgan fingerprint density at radius 2 is 2.33 bits per heavy atom. The molecule has 0 aliphatic carbocycles. The highest BCUT2D eigenvalue weighted by Crippen LogP contribution is 2.27. The van der Waals surface area contributed by atoms with Crippen LogP contribution in [0.3, 0.4) is 0 Å². The predicted molar refractivity (Wildman–Crippen MR) is 78.5 cm³/mol. The van der Waals surface area contributed by atoms with E-state index >= 15 is 0 Å². The summed E-state index contributed by atoms with van der Waals surface area (Å²) < 4.78 is 7.29. The molecule has 1 aliphatic rings. The van der Waals surface area contributed by atoms with Gasteiger partial charge in [-0.05, 0) is 19.8 Å². The molecule has 1 aliphatic heterocycles. The smallest absolute Gasteiger partial charge is 0.228 e. The van der Waals surface area contributed by atoms with Crippen molar-refractivity contribution in [2.45, 2.75) is 32.2 Å². The molecule has 1 atom stereocenters. The summed E-state index contributed by atoms with van der Waals surface area (Å²) in [5, 5.41) is 8.33. The van der Waals surface area contributed by atoms with E-state index in [9.17, 15) is 0 Å². The van der Waals surface area contributed by atoms with Gasteiger partial charge < -0.3 is 14.2 Å². The second-order valence-corrected chi connectivity index (χ2v) is 5.16. The van der Waals surface area contributed by atoms with Crippen LogP contribution in [0, 0.1) is 0 Å². The normalized spacial score (nSPS) is 18.8. The summed E-state index contributed by atoms with van der Waals surface area (Å²) in [4.78, 5) is 11.0. The average molecular weight is 288 g/mol. The second-order valence-electron chi connectivity index (χ2n) is 5.16. The highest BCUT2D eigenvalue weighted by Gasteiger charge is 2.26. The van der Waals surface area contributed by atoms with Gasteiger partial charge in [0.2, 0.25) is 11.8 Å². The maximum absolute atomic E-state index is 5.18. The second kappa shape index (κ2) is 6.07. The quantitative estimate of drug-likeness (QED) is 0.849. The van der Waals surface area contributed by atoms with Crippen molar-refractivity contribution in [2.24, 2.45) is 0 Å².